The van der Waals surface area contributed by atoms with E-state index in [4.69, 9.17) is 4.74 Å². The van der Waals surface area contributed by atoms with Gasteiger partial charge in [-0.1, -0.05) is 0 Å². The molecule has 108 valence electrons. The Bertz CT molecular complexity index is 303. The second kappa shape index (κ2) is 10.0. The van der Waals surface area contributed by atoms with Gasteiger partial charge in [0.2, 0.25) is 0 Å². The van der Waals surface area contributed by atoms with E-state index < -0.39 is 17.9 Å². The summed E-state index contributed by atoms with van der Waals surface area (Å²) in [4.78, 5) is 43.2. The summed E-state index contributed by atoms with van der Waals surface area (Å²) in [7, 11) is 0. The molecule has 0 fully saturated rings. The third-order valence-electron chi connectivity index (χ3n) is 1.94. The molecule has 0 rings (SSSR count). The van der Waals surface area contributed by atoms with Crippen molar-refractivity contribution in [1.82, 2.24) is 0 Å². The number of Topliss-reactive ketones (excluding diaryl/α,β-unsaturated/α-hetero) is 1. The number of rotatable bonds is 9. The van der Waals surface area contributed by atoms with E-state index in [0.717, 1.165) is 0 Å². The van der Waals surface area contributed by atoms with Crippen LogP contribution in [0.3, 0.4) is 0 Å². The molecule has 0 aromatic rings. The summed E-state index contributed by atoms with van der Waals surface area (Å²) in [6.07, 6.45) is 0.131. The number of carbonyl (C=O) groups excluding carboxylic acids is 4. The van der Waals surface area contributed by atoms with Gasteiger partial charge in [-0.15, -0.1) is 0 Å². The topological polar surface area (TPSA) is 96.0 Å². The summed E-state index contributed by atoms with van der Waals surface area (Å²) in [5.41, 5.74) is 0. The molecule has 0 amide bonds. The summed E-state index contributed by atoms with van der Waals surface area (Å²) < 4.78 is 13.9. The number of ether oxygens (including phenoxy) is 3. The molecule has 0 aliphatic carbocycles. The maximum atomic E-state index is 11.3. The van der Waals surface area contributed by atoms with Crippen LogP contribution in [0.2, 0.25) is 0 Å². The van der Waals surface area contributed by atoms with Crippen LogP contribution in [0.1, 0.15) is 33.1 Å². The minimum atomic E-state index is -0.533. The highest BCUT2D eigenvalue weighted by Gasteiger charge is 2.07. The van der Waals surface area contributed by atoms with Gasteiger partial charge >= 0.3 is 17.9 Å². The molecule has 0 bridgehead atoms. The molecule has 0 aromatic heterocycles. The average molecular weight is 274 g/mol. The minimum Gasteiger partial charge on any atom is -0.465 e. The van der Waals surface area contributed by atoms with Crippen molar-refractivity contribution in [2.24, 2.45) is 0 Å². The lowest BCUT2D eigenvalue weighted by Crippen LogP contribution is -2.14. The van der Waals surface area contributed by atoms with Crippen LogP contribution in [0.25, 0.3) is 0 Å². The number of hydrogen-bond donors (Lipinski definition) is 0. The van der Waals surface area contributed by atoms with Crippen molar-refractivity contribution in [3.8, 4) is 0 Å². The van der Waals surface area contributed by atoms with Gasteiger partial charge < -0.3 is 14.2 Å². The van der Waals surface area contributed by atoms with Crippen LogP contribution < -0.4 is 0 Å². The maximum absolute atomic E-state index is 11.3. The Morgan fingerprint density at radius 1 is 0.684 bits per heavy atom. The molecule has 7 heteroatoms. The standard InChI is InChI=1S/C12H18O7/c1-9(13)17-6-3-11(15)4-7-19-12(16)5-8-18-10(2)14/h3-8H2,1-2H3. The van der Waals surface area contributed by atoms with Crippen molar-refractivity contribution < 1.29 is 33.4 Å². The van der Waals surface area contributed by atoms with E-state index in [2.05, 4.69) is 9.47 Å². The lowest BCUT2D eigenvalue weighted by molar-refractivity contribution is -0.148. The van der Waals surface area contributed by atoms with Gasteiger partial charge in [0.1, 0.15) is 12.4 Å². The second-order valence-corrected chi connectivity index (χ2v) is 3.69. The highest BCUT2D eigenvalue weighted by Crippen LogP contribution is 1.95. The fraction of sp³-hybridized carbons (Fsp3) is 0.667. The van der Waals surface area contributed by atoms with Gasteiger partial charge in [0.25, 0.3) is 0 Å². The van der Waals surface area contributed by atoms with Crippen molar-refractivity contribution in [3.05, 3.63) is 0 Å². The predicted octanol–water partition coefficient (Wildman–Crippen LogP) is 0.395. The van der Waals surface area contributed by atoms with Crippen LogP contribution in [-0.4, -0.2) is 43.5 Å². The van der Waals surface area contributed by atoms with Crippen LogP contribution >= 0.6 is 0 Å². The Morgan fingerprint density at radius 3 is 1.58 bits per heavy atom. The van der Waals surface area contributed by atoms with Gasteiger partial charge in [-0.05, 0) is 0 Å². The van der Waals surface area contributed by atoms with Gasteiger partial charge in [-0.25, -0.2) is 0 Å². The molecular weight excluding hydrogens is 256 g/mol. The van der Waals surface area contributed by atoms with E-state index in [0.29, 0.717) is 0 Å². The van der Waals surface area contributed by atoms with Gasteiger partial charge in [0, 0.05) is 26.7 Å². The van der Waals surface area contributed by atoms with Gasteiger partial charge in [0.15, 0.2) is 0 Å². The van der Waals surface area contributed by atoms with Crippen LogP contribution in [0, 0.1) is 0 Å². The lowest BCUT2D eigenvalue weighted by atomic mass is 10.2. The molecule has 0 heterocycles. The Balaban J connectivity index is 3.50. The highest BCUT2D eigenvalue weighted by atomic mass is 16.5. The molecule has 7 nitrogen and oxygen atoms in total. The number of esters is 3. The molecule has 0 aliphatic heterocycles. The summed E-state index contributed by atoms with van der Waals surface area (Å²) in [5, 5.41) is 0. The second-order valence-electron chi connectivity index (χ2n) is 3.69. The zero-order chi connectivity index (χ0) is 14.7. The maximum Gasteiger partial charge on any atom is 0.309 e. The van der Waals surface area contributed by atoms with E-state index in [1.165, 1.54) is 13.8 Å². The SMILES string of the molecule is CC(=O)OCCC(=O)CCOC(=O)CCOC(C)=O. The van der Waals surface area contributed by atoms with Crippen LogP contribution in [-0.2, 0) is 33.4 Å². The Kier molecular flexibility index (Phi) is 9.03. The Labute approximate surface area is 111 Å². The van der Waals surface area contributed by atoms with E-state index in [9.17, 15) is 19.2 Å². The minimum absolute atomic E-state index is 0.0300. The monoisotopic (exact) mass is 274 g/mol. The van der Waals surface area contributed by atoms with Crippen molar-refractivity contribution >= 4 is 23.7 Å². The van der Waals surface area contributed by atoms with Crippen molar-refractivity contribution in [1.29, 1.82) is 0 Å². The van der Waals surface area contributed by atoms with E-state index in [-0.39, 0.29) is 44.9 Å². The molecule has 19 heavy (non-hydrogen) atoms. The first-order valence-electron chi connectivity index (χ1n) is 5.86. The van der Waals surface area contributed by atoms with Crippen LogP contribution in [0.15, 0.2) is 0 Å². The van der Waals surface area contributed by atoms with Gasteiger partial charge in [-0.2, -0.15) is 0 Å². The molecule has 0 aromatic carbocycles. The molecule has 0 unspecified atom stereocenters. The fourth-order valence-electron chi connectivity index (χ4n) is 1.06. The largest absolute Gasteiger partial charge is 0.465 e. The molecule has 0 spiro atoms. The van der Waals surface area contributed by atoms with Crippen LogP contribution in [0.4, 0.5) is 0 Å². The zero-order valence-electron chi connectivity index (χ0n) is 11.1. The molecule has 0 saturated carbocycles. The Morgan fingerprint density at radius 2 is 1.11 bits per heavy atom. The molecule has 0 radical (unpaired) electrons. The van der Waals surface area contributed by atoms with Crippen molar-refractivity contribution in [2.75, 3.05) is 19.8 Å². The zero-order valence-corrected chi connectivity index (χ0v) is 11.1. The fourth-order valence-corrected chi connectivity index (χ4v) is 1.06. The van der Waals surface area contributed by atoms with Crippen molar-refractivity contribution in [2.45, 2.75) is 33.1 Å². The summed E-state index contributed by atoms with van der Waals surface area (Å²) in [6.45, 7) is 2.48. The van der Waals surface area contributed by atoms with Crippen molar-refractivity contribution in [3.63, 3.8) is 0 Å². The summed E-state index contributed by atoms with van der Waals surface area (Å²) >= 11 is 0. The molecule has 0 aliphatic rings. The van der Waals surface area contributed by atoms with E-state index in [1.54, 1.807) is 0 Å². The molecule has 0 N–H and O–H groups in total. The predicted molar refractivity (Wildman–Crippen MR) is 63.1 cm³/mol. The number of hydrogen-bond acceptors (Lipinski definition) is 7. The number of ketones is 1. The highest BCUT2D eigenvalue weighted by molar-refractivity contribution is 5.79. The third-order valence-corrected chi connectivity index (χ3v) is 1.94. The lowest BCUT2D eigenvalue weighted by Gasteiger charge is -2.05. The quantitative estimate of drug-likeness (QED) is 0.443. The summed E-state index contributed by atoms with van der Waals surface area (Å²) in [6, 6.07) is 0. The first-order valence-corrected chi connectivity index (χ1v) is 5.86. The first kappa shape index (κ1) is 17.1. The van der Waals surface area contributed by atoms with E-state index in [1.807, 2.05) is 0 Å². The van der Waals surface area contributed by atoms with Gasteiger partial charge in [-0.3, -0.25) is 19.2 Å². The average Bonchev–Trinajstić information content (AvgIpc) is 2.27. The summed E-state index contributed by atoms with van der Waals surface area (Å²) in [5.74, 6) is -1.60. The number of carbonyl (C=O) groups is 4. The molecule has 0 saturated heterocycles. The van der Waals surface area contributed by atoms with E-state index >= 15 is 0 Å². The van der Waals surface area contributed by atoms with Crippen LogP contribution in [0.5, 0.6) is 0 Å². The first-order chi connectivity index (χ1) is 8.91. The molecular formula is C12H18O7. The molecule has 0 atom stereocenters. The smallest absolute Gasteiger partial charge is 0.309 e. The normalized spacial score (nSPS) is 9.58. The third kappa shape index (κ3) is 12.3. The Hall–Kier alpha value is -1.92. The van der Waals surface area contributed by atoms with Gasteiger partial charge in [0.05, 0.1) is 19.6 Å².